The summed E-state index contributed by atoms with van der Waals surface area (Å²) in [5.74, 6) is 0.301. The van der Waals surface area contributed by atoms with Gasteiger partial charge in [0.05, 0.1) is 6.61 Å². The second-order valence-electron chi connectivity index (χ2n) is 2.08. The summed E-state index contributed by atoms with van der Waals surface area (Å²) in [4.78, 5) is 0. The van der Waals surface area contributed by atoms with Gasteiger partial charge < -0.3 is 5.11 Å². The number of aliphatic hydroxyl groups is 1. The van der Waals surface area contributed by atoms with Crippen LogP contribution in [0, 0.1) is 5.92 Å². The lowest BCUT2D eigenvalue weighted by Crippen LogP contribution is -1.99. The first-order valence-electron chi connectivity index (χ1n) is 2.80. The summed E-state index contributed by atoms with van der Waals surface area (Å²) in [7, 11) is 0. The van der Waals surface area contributed by atoms with E-state index in [9.17, 15) is 0 Å². The van der Waals surface area contributed by atoms with Crippen LogP contribution in [-0.4, -0.2) is 11.7 Å². The lowest BCUT2D eigenvalue weighted by Gasteiger charge is -2.02. The van der Waals surface area contributed by atoms with E-state index in [1.54, 1.807) is 0 Å². The van der Waals surface area contributed by atoms with E-state index in [-0.39, 0.29) is 6.61 Å². The Hall–Kier alpha value is -0.560. The van der Waals surface area contributed by atoms with E-state index in [0.717, 1.165) is 0 Å². The molecule has 8 heavy (non-hydrogen) atoms. The summed E-state index contributed by atoms with van der Waals surface area (Å²) in [5.41, 5.74) is 1.26. The van der Waals surface area contributed by atoms with Crippen LogP contribution in [0.25, 0.3) is 0 Å². The molecule has 0 aromatic rings. The van der Waals surface area contributed by atoms with E-state index in [4.69, 9.17) is 5.11 Å². The highest BCUT2D eigenvalue weighted by atomic mass is 16.3. The first kappa shape index (κ1) is 5.57. The van der Waals surface area contributed by atoms with Crippen LogP contribution in [-0.2, 0) is 0 Å². The van der Waals surface area contributed by atoms with Crippen LogP contribution in [0.2, 0.25) is 0 Å². The quantitative estimate of drug-likeness (QED) is 0.536. The summed E-state index contributed by atoms with van der Waals surface area (Å²) >= 11 is 0. The molecule has 0 heterocycles. The minimum absolute atomic E-state index is 0.249. The third-order valence-corrected chi connectivity index (χ3v) is 1.48. The maximum atomic E-state index is 8.64. The number of hydrogen-bond acceptors (Lipinski definition) is 1. The molecule has 0 aromatic carbocycles. The summed E-state index contributed by atoms with van der Waals surface area (Å²) < 4.78 is 0. The summed E-state index contributed by atoms with van der Waals surface area (Å²) in [6.07, 6.45) is 6.02. The van der Waals surface area contributed by atoms with Crippen LogP contribution in [0.3, 0.4) is 0 Å². The zero-order valence-corrected chi connectivity index (χ0v) is 4.96. The van der Waals surface area contributed by atoms with Crippen molar-refractivity contribution < 1.29 is 5.11 Å². The molecule has 0 amide bonds. The Kier molecular flexibility index (Phi) is 1.49. The normalized spacial score (nSPS) is 26.2. The summed E-state index contributed by atoms with van der Waals surface area (Å²) in [5, 5.41) is 8.64. The van der Waals surface area contributed by atoms with Gasteiger partial charge in [0.2, 0.25) is 0 Å². The fraction of sp³-hybridized carbons (Fsp3) is 0.429. The SMILES string of the molecule is CC1=CC=CC1CO. The van der Waals surface area contributed by atoms with Crippen molar-refractivity contribution in [2.75, 3.05) is 6.61 Å². The molecule has 0 radical (unpaired) electrons. The molecule has 0 aromatic heterocycles. The second kappa shape index (κ2) is 2.14. The Bertz CT molecular complexity index is 133. The van der Waals surface area contributed by atoms with Gasteiger partial charge in [-0.1, -0.05) is 23.8 Å². The molecule has 44 valence electrons. The van der Waals surface area contributed by atoms with Gasteiger partial charge in [-0.2, -0.15) is 0 Å². The van der Waals surface area contributed by atoms with Crippen LogP contribution >= 0.6 is 0 Å². The fourth-order valence-electron chi connectivity index (χ4n) is 0.822. The van der Waals surface area contributed by atoms with Gasteiger partial charge in [0.15, 0.2) is 0 Å². The fourth-order valence-corrected chi connectivity index (χ4v) is 0.822. The highest BCUT2D eigenvalue weighted by molar-refractivity contribution is 5.25. The lowest BCUT2D eigenvalue weighted by molar-refractivity contribution is 0.270. The van der Waals surface area contributed by atoms with E-state index in [1.807, 2.05) is 25.2 Å². The average Bonchev–Trinajstić information content (AvgIpc) is 2.14. The van der Waals surface area contributed by atoms with E-state index in [0.29, 0.717) is 5.92 Å². The van der Waals surface area contributed by atoms with Gasteiger partial charge >= 0.3 is 0 Å². The van der Waals surface area contributed by atoms with Crippen molar-refractivity contribution in [2.45, 2.75) is 6.92 Å². The van der Waals surface area contributed by atoms with E-state index < -0.39 is 0 Å². The Morgan fingerprint density at radius 2 is 2.50 bits per heavy atom. The highest BCUT2D eigenvalue weighted by Crippen LogP contribution is 2.16. The topological polar surface area (TPSA) is 20.2 Å². The first-order valence-corrected chi connectivity index (χ1v) is 2.80. The van der Waals surface area contributed by atoms with Crippen LogP contribution < -0.4 is 0 Å². The summed E-state index contributed by atoms with van der Waals surface area (Å²) in [6.45, 7) is 2.28. The number of allylic oxidation sites excluding steroid dienone is 2. The molecule has 1 nitrogen and oxygen atoms in total. The van der Waals surface area contributed by atoms with Gasteiger partial charge in [-0.05, 0) is 6.92 Å². The Balaban J connectivity index is 2.58. The van der Waals surface area contributed by atoms with Crippen LogP contribution in [0.5, 0.6) is 0 Å². The smallest absolute Gasteiger partial charge is 0.0531 e. The van der Waals surface area contributed by atoms with Crippen molar-refractivity contribution in [3.05, 3.63) is 23.8 Å². The second-order valence-corrected chi connectivity index (χ2v) is 2.08. The molecule has 1 rings (SSSR count). The minimum Gasteiger partial charge on any atom is -0.395 e. The largest absolute Gasteiger partial charge is 0.395 e. The minimum atomic E-state index is 0.249. The van der Waals surface area contributed by atoms with Crippen molar-refractivity contribution in [3.8, 4) is 0 Å². The highest BCUT2D eigenvalue weighted by Gasteiger charge is 2.06. The Morgan fingerprint density at radius 1 is 1.75 bits per heavy atom. The first-order chi connectivity index (χ1) is 3.84. The van der Waals surface area contributed by atoms with Crippen molar-refractivity contribution >= 4 is 0 Å². The Morgan fingerprint density at radius 3 is 2.75 bits per heavy atom. The van der Waals surface area contributed by atoms with Gasteiger partial charge in [-0.15, -0.1) is 0 Å². The molecule has 0 saturated carbocycles. The van der Waals surface area contributed by atoms with E-state index in [1.165, 1.54) is 5.57 Å². The number of rotatable bonds is 1. The van der Waals surface area contributed by atoms with Crippen molar-refractivity contribution in [1.82, 2.24) is 0 Å². The van der Waals surface area contributed by atoms with Crippen molar-refractivity contribution in [2.24, 2.45) is 5.92 Å². The molecule has 0 saturated heterocycles. The Labute approximate surface area is 49.3 Å². The van der Waals surface area contributed by atoms with Gasteiger partial charge in [0.25, 0.3) is 0 Å². The maximum absolute atomic E-state index is 8.64. The number of aliphatic hydroxyl groups excluding tert-OH is 1. The average molecular weight is 110 g/mol. The molecule has 1 aliphatic carbocycles. The zero-order chi connectivity index (χ0) is 5.98. The van der Waals surface area contributed by atoms with Gasteiger partial charge in [-0.3, -0.25) is 0 Å². The third kappa shape index (κ3) is 0.819. The predicted octanol–water partition coefficient (Wildman–Crippen LogP) is 1.11. The summed E-state index contributed by atoms with van der Waals surface area (Å²) in [6, 6.07) is 0. The predicted molar refractivity (Wildman–Crippen MR) is 33.5 cm³/mol. The monoisotopic (exact) mass is 110 g/mol. The molecule has 1 N–H and O–H groups in total. The molecular formula is C7H10O. The zero-order valence-electron chi connectivity index (χ0n) is 4.96. The number of hydrogen-bond donors (Lipinski definition) is 1. The van der Waals surface area contributed by atoms with Crippen LogP contribution in [0.4, 0.5) is 0 Å². The van der Waals surface area contributed by atoms with Gasteiger partial charge in [0, 0.05) is 5.92 Å². The molecule has 1 unspecified atom stereocenters. The van der Waals surface area contributed by atoms with E-state index in [2.05, 4.69) is 0 Å². The van der Waals surface area contributed by atoms with E-state index >= 15 is 0 Å². The molecule has 1 aliphatic rings. The van der Waals surface area contributed by atoms with Crippen LogP contribution in [0.1, 0.15) is 6.92 Å². The molecule has 1 heteroatoms. The third-order valence-electron chi connectivity index (χ3n) is 1.48. The molecule has 0 bridgehead atoms. The lowest BCUT2D eigenvalue weighted by atomic mass is 10.1. The molecule has 0 fully saturated rings. The van der Waals surface area contributed by atoms with Gasteiger partial charge in [0.1, 0.15) is 0 Å². The molecule has 0 aliphatic heterocycles. The van der Waals surface area contributed by atoms with Crippen molar-refractivity contribution in [3.63, 3.8) is 0 Å². The van der Waals surface area contributed by atoms with Gasteiger partial charge in [-0.25, -0.2) is 0 Å². The molecular weight excluding hydrogens is 100 g/mol. The molecule has 0 spiro atoms. The maximum Gasteiger partial charge on any atom is 0.0531 e. The van der Waals surface area contributed by atoms with Crippen molar-refractivity contribution in [1.29, 1.82) is 0 Å². The van der Waals surface area contributed by atoms with Crippen LogP contribution in [0.15, 0.2) is 23.8 Å². The molecule has 1 atom stereocenters. The standard InChI is InChI=1S/C7H10O/c1-6-3-2-4-7(6)5-8/h2-4,7-8H,5H2,1H3.